The fourth-order valence-corrected chi connectivity index (χ4v) is 4.37. The SMILES string of the molecule is O=C(c1ccc(C2CC2C(=O)Nc2ccc3cnccc3c2)cc1)c1cccs1. The van der Waals surface area contributed by atoms with Crippen molar-refractivity contribution in [1.29, 1.82) is 0 Å². The van der Waals surface area contributed by atoms with Crippen molar-refractivity contribution in [3.63, 3.8) is 0 Å². The molecule has 0 bridgehead atoms. The zero-order chi connectivity index (χ0) is 19.8. The van der Waals surface area contributed by atoms with Crippen LogP contribution >= 0.6 is 11.3 Å². The van der Waals surface area contributed by atoms with Crippen LogP contribution in [0.25, 0.3) is 10.8 Å². The van der Waals surface area contributed by atoms with Gasteiger partial charge in [0.25, 0.3) is 0 Å². The predicted octanol–water partition coefficient (Wildman–Crippen LogP) is 5.27. The maximum Gasteiger partial charge on any atom is 0.228 e. The van der Waals surface area contributed by atoms with Crippen LogP contribution in [0, 0.1) is 5.92 Å². The molecular weight excluding hydrogens is 380 g/mol. The van der Waals surface area contributed by atoms with Gasteiger partial charge in [-0.15, -0.1) is 11.3 Å². The Labute approximate surface area is 172 Å². The average molecular weight is 398 g/mol. The zero-order valence-corrected chi connectivity index (χ0v) is 16.4. The van der Waals surface area contributed by atoms with Crippen LogP contribution in [0.15, 0.2) is 78.4 Å². The summed E-state index contributed by atoms with van der Waals surface area (Å²) < 4.78 is 0. The Morgan fingerprint density at radius 3 is 2.66 bits per heavy atom. The second-order valence-corrected chi connectivity index (χ2v) is 8.25. The third-order valence-corrected chi connectivity index (χ3v) is 6.25. The van der Waals surface area contributed by atoms with E-state index in [-0.39, 0.29) is 23.5 Å². The normalized spacial score (nSPS) is 17.8. The maximum atomic E-state index is 12.6. The van der Waals surface area contributed by atoms with Crippen molar-refractivity contribution < 1.29 is 9.59 Å². The van der Waals surface area contributed by atoms with Crippen molar-refractivity contribution in [2.24, 2.45) is 5.92 Å². The standard InChI is InChI=1S/C24H18N2O2S/c27-23(22-2-1-11-29-22)16-5-3-15(4-6-16)20-13-21(20)24(28)26-19-8-7-18-14-25-10-9-17(18)12-19/h1-12,14,20-21H,13H2,(H,26,28). The first kappa shape index (κ1) is 17.8. The number of aromatic nitrogens is 1. The smallest absolute Gasteiger partial charge is 0.228 e. The highest BCUT2D eigenvalue weighted by Crippen LogP contribution is 2.48. The Kier molecular flexibility index (Phi) is 4.45. The number of hydrogen-bond donors (Lipinski definition) is 1. The molecule has 1 fully saturated rings. The summed E-state index contributed by atoms with van der Waals surface area (Å²) in [7, 11) is 0. The Bertz CT molecular complexity index is 1200. The van der Waals surface area contributed by atoms with Crippen molar-refractivity contribution in [3.05, 3.63) is 94.4 Å². The molecule has 1 N–H and O–H groups in total. The highest BCUT2D eigenvalue weighted by molar-refractivity contribution is 7.12. The van der Waals surface area contributed by atoms with Gasteiger partial charge in [0.1, 0.15) is 0 Å². The number of hydrogen-bond acceptors (Lipinski definition) is 4. The molecule has 29 heavy (non-hydrogen) atoms. The first-order valence-corrected chi connectivity index (χ1v) is 10.4. The van der Waals surface area contributed by atoms with E-state index in [0.29, 0.717) is 5.56 Å². The van der Waals surface area contributed by atoms with Gasteiger partial charge >= 0.3 is 0 Å². The van der Waals surface area contributed by atoms with Crippen LogP contribution in [0.5, 0.6) is 0 Å². The summed E-state index contributed by atoms with van der Waals surface area (Å²) in [5.74, 6) is 0.276. The van der Waals surface area contributed by atoms with Gasteiger partial charge in [0.15, 0.2) is 0 Å². The van der Waals surface area contributed by atoms with Crippen LogP contribution in [0.1, 0.15) is 33.1 Å². The van der Waals surface area contributed by atoms with Gasteiger partial charge in [-0.1, -0.05) is 36.4 Å². The van der Waals surface area contributed by atoms with Gasteiger partial charge in [-0.2, -0.15) is 0 Å². The van der Waals surface area contributed by atoms with E-state index in [1.54, 1.807) is 6.20 Å². The number of rotatable bonds is 5. The third-order valence-electron chi connectivity index (χ3n) is 5.38. The lowest BCUT2D eigenvalue weighted by atomic mass is 10.0. The number of pyridine rings is 1. The molecule has 142 valence electrons. The molecule has 4 nitrogen and oxygen atoms in total. The van der Waals surface area contributed by atoms with E-state index in [4.69, 9.17) is 0 Å². The second-order valence-electron chi connectivity index (χ2n) is 7.30. The van der Waals surface area contributed by atoms with E-state index in [9.17, 15) is 9.59 Å². The number of nitrogens with zero attached hydrogens (tertiary/aromatic N) is 1. The minimum absolute atomic E-state index is 0.0259. The highest BCUT2D eigenvalue weighted by atomic mass is 32.1. The summed E-state index contributed by atoms with van der Waals surface area (Å²) >= 11 is 1.45. The summed E-state index contributed by atoms with van der Waals surface area (Å²) in [5.41, 5.74) is 2.59. The summed E-state index contributed by atoms with van der Waals surface area (Å²) in [5, 5.41) is 7.04. The number of carbonyl (C=O) groups excluding carboxylic acids is 2. The van der Waals surface area contributed by atoms with Crippen LogP contribution in [-0.4, -0.2) is 16.7 Å². The second kappa shape index (κ2) is 7.26. The third kappa shape index (κ3) is 3.57. The van der Waals surface area contributed by atoms with Gasteiger partial charge in [-0.05, 0) is 52.9 Å². The fraction of sp³-hybridized carbons (Fsp3) is 0.125. The Morgan fingerprint density at radius 1 is 1.00 bits per heavy atom. The summed E-state index contributed by atoms with van der Waals surface area (Å²) in [6.07, 6.45) is 4.39. The maximum absolute atomic E-state index is 12.6. The molecule has 2 aromatic carbocycles. The summed E-state index contributed by atoms with van der Waals surface area (Å²) in [4.78, 5) is 29.9. The first-order valence-electron chi connectivity index (χ1n) is 9.52. The quantitative estimate of drug-likeness (QED) is 0.466. The van der Waals surface area contributed by atoms with Crippen molar-refractivity contribution in [2.45, 2.75) is 12.3 Å². The van der Waals surface area contributed by atoms with Gasteiger partial charge in [0.05, 0.1) is 4.88 Å². The van der Waals surface area contributed by atoms with E-state index < -0.39 is 0 Å². The largest absolute Gasteiger partial charge is 0.326 e. The molecule has 4 aromatic rings. The number of ketones is 1. The fourth-order valence-electron chi connectivity index (χ4n) is 3.68. The Balaban J connectivity index is 1.25. The summed E-state index contributed by atoms with van der Waals surface area (Å²) in [6, 6.07) is 19.2. The van der Waals surface area contributed by atoms with Gasteiger partial charge in [0, 0.05) is 34.9 Å². The van der Waals surface area contributed by atoms with Gasteiger partial charge < -0.3 is 5.32 Å². The van der Waals surface area contributed by atoms with Crippen LogP contribution < -0.4 is 5.32 Å². The van der Waals surface area contributed by atoms with Crippen molar-refractivity contribution in [3.8, 4) is 0 Å². The van der Waals surface area contributed by atoms with E-state index in [1.807, 2.05) is 72.2 Å². The molecule has 1 aliphatic carbocycles. The number of thiophene rings is 1. The monoisotopic (exact) mass is 398 g/mol. The molecule has 5 rings (SSSR count). The number of anilines is 1. The van der Waals surface area contributed by atoms with Gasteiger partial charge in [-0.25, -0.2) is 0 Å². The van der Waals surface area contributed by atoms with E-state index in [0.717, 1.165) is 33.3 Å². The Hall–Kier alpha value is -3.31. The topological polar surface area (TPSA) is 59.1 Å². The first-order chi connectivity index (χ1) is 14.2. The molecule has 2 unspecified atom stereocenters. The molecule has 0 spiro atoms. The van der Waals surface area contributed by atoms with Gasteiger partial charge in [0.2, 0.25) is 11.7 Å². The van der Waals surface area contributed by atoms with Crippen LogP contribution in [0.3, 0.4) is 0 Å². The van der Waals surface area contributed by atoms with Crippen LogP contribution in [0.4, 0.5) is 5.69 Å². The van der Waals surface area contributed by atoms with Crippen LogP contribution in [-0.2, 0) is 4.79 Å². The molecule has 0 saturated heterocycles. The number of carbonyl (C=O) groups is 2. The minimum atomic E-state index is -0.0259. The van der Waals surface area contributed by atoms with E-state index in [2.05, 4.69) is 10.3 Å². The van der Waals surface area contributed by atoms with Gasteiger partial charge in [-0.3, -0.25) is 14.6 Å². The molecular formula is C24H18N2O2S. The number of nitrogens with one attached hydrogen (secondary N) is 1. The van der Waals surface area contributed by atoms with Crippen molar-refractivity contribution in [1.82, 2.24) is 4.98 Å². The molecule has 1 saturated carbocycles. The molecule has 2 aromatic heterocycles. The lowest BCUT2D eigenvalue weighted by molar-refractivity contribution is -0.117. The Morgan fingerprint density at radius 2 is 1.86 bits per heavy atom. The molecule has 1 amide bonds. The number of benzene rings is 2. The molecule has 5 heteroatoms. The van der Waals surface area contributed by atoms with E-state index >= 15 is 0 Å². The minimum Gasteiger partial charge on any atom is -0.326 e. The number of fused-ring (bicyclic) bond motifs is 1. The molecule has 2 atom stereocenters. The highest BCUT2D eigenvalue weighted by Gasteiger charge is 2.43. The van der Waals surface area contributed by atoms with Crippen LogP contribution in [0.2, 0.25) is 0 Å². The predicted molar refractivity (Wildman–Crippen MR) is 115 cm³/mol. The lowest BCUT2D eigenvalue weighted by Crippen LogP contribution is -2.14. The van der Waals surface area contributed by atoms with Crippen molar-refractivity contribution in [2.75, 3.05) is 5.32 Å². The number of amides is 1. The molecule has 1 aliphatic rings. The van der Waals surface area contributed by atoms with Crippen molar-refractivity contribution >= 4 is 39.5 Å². The van der Waals surface area contributed by atoms with E-state index in [1.165, 1.54) is 11.3 Å². The summed E-state index contributed by atoms with van der Waals surface area (Å²) in [6.45, 7) is 0. The molecule has 2 heterocycles. The lowest BCUT2D eigenvalue weighted by Gasteiger charge is -2.07. The zero-order valence-electron chi connectivity index (χ0n) is 15.5. The average Bonchev–Trinajstić information content (AvgIpc) is 3.38. The molecule has 0 aliphatic heterocycles. The molecule has 0 radical (unpaired) electrons.